The summed E-state index contributed by atoms with van der Waals surface area (Å²) in [6.07, 6.45) is 4.08. The average Bonchev–Trinajstić information content (AvgIpc) is 2.90. The van der Waals surface area contributed by atoms with Gasteiger partial charge in [0.25, 0.3) is 0 Å². The van der Waals surface area contributed by atoms with Gasteiger partial charge in [0.05, 0.1) is 15.8 Å². The number of amides is 3. The molecule has 4 rings (SSSR count). The summed E-state index contributed by atoms with van der Waals surface area (Å²) in [5.41, 5.74) is 1.58. The Morgan fingerprint density at radius 1 is 0.895 bits per heavy atom. The number of carbonyl (C=O) groups is 3. The van der Waals surface area contributed by atoms with Gasteiger partial charge in [-0.25, -0.2) is 18.5 Å². The molecule has 0 aliphatic heterocycles. The monoisotopic (exact) mass is 555 g/mol. The molecule has 2 aromatic carbocycles. The molecular formula is C26H26ClN5O5S. The minimum Gasteiger partial charge on any atom is -0.344 e. The van der Waals surface area contributed by atoms with Crippen LogP contribution in [0.3, 0.4) is 0 Å². The molecule has 3 amide bonds. The number of hydrogen-bond acceptors (Lipinski definition) is 6. The average molecular weight is 556 g/mol. The molecule has 1 aromatic heterocycles. The molecule has 2 atom stereocenters. The van der Waals surface area contributed by atoms with Crippen molar-refractivity contribution in [3.8, 4) is 11.1 Å². The Kier molecular flexibility index (Phi) is 8.40. The van der Waals surface area contributed by atoms with Gasteiger partial charge in [0.2, 0.25) is 15.9 Å². The smallest absolute Gasteiger partial charge is 0.314 e. The first-order valence-electron chi connectivity index (χ1n) is 11.9. The molecule has 0 bridgehead atoms. The third-order valence-electron chi connectivity index (χ3n) is 6.25. The van der Waals surface area contributed by atoms with Gasteiger partial charge >= 0.3 is 11.8 Å². The summed E-state index contributed by atoms with van der Waals surface area (Å²) in [7, 11) is -3.91. The molecule has 38 heavy (non-hydrogen) atoms. The van der Waals surface area contributed by atoms with Gasteiger partial charge in [-0.05, 0) is 48.7 Å². The van der Waals surface area contributed by atoms with E-state index in [1.807, 2.05) is 0 Å². The first-order valence-corrected chi connectivity index (χ1v) is 13.8. The summed E-state index contributed by atoms with van der Waals surface area (Å²) in [6, 6.07) is 15.6. The second-order valence-electron chi connectivity index (χ2n) is 8.89. The van der Waals surface area contributed by atoms with E-state index in [-0.39, 0.29) is 16.6 Å². The lowest BCUT2D eigenvalue weighted by Gasteiger charge is -2.31. The molecule has 0 radical (unpaired) electrons. The molecule has 1 saturated carbocycles. The maximum absolute atomic E-state index is 13.1. The Morgan fingerprint density at radius 3 is 2.29 bits per heavy atom. The SMILES string of the molecule is NS(=O)(=O)c1ccccc1-c1ccc(NC(=O)[C@H]2CCCC[C@H]2NC(=O)C(=O)Nc2ccc(Cl)cn2)cc1. The molecule has 0 saturated heterocycles. The number of nitrogens with zero attached hydrogens (tertiary/aromatic N) is 1. The van der Waals surface area contributed by atoms with Crippen LogP contribution < -0.4 is 21.1 Å². The van der Waals surface area contributed by atoms with Crippen molar-refractivity contribution in [3.63, 3.8) is 0 Å². The molecule has 0 unspecified atom stereocenters. The molecule has 1 aliphatic carbocycles. The minimum absolute atomic E-state index is 0.00783. The molecule has 12 heteroatoms. The Bertz CT molecular complexity index is 1450. The van der Waals surface area contributed by atoms with Gasteiger partial charge in [-0.15, -0.1) is 0 Å². The first kappa shape index (κ1) is 27.2. The number of aromatic nitrogens is 1. The van der Waals surface area contributed by atoms with Crippen LogP contribution in [0.25, 0.3) is 11.1 Å². The maximum Gasteiger partial charge on any atom is 0.314 e. The number of rotatable bonds is 6. The van der Waals surface area contributed by atoms with Crippen LogP contribution in [0.1, 0.15) is 25.7 Å². The zero-order valence-corrected chi connectivity index (χ0v) is 21.8. The summed E-state index contributed by atoms with van der Waals surface area (Å²) < 4.78 is 23.9. The van der Waals surface area contributed by atoms with Gasteiger partial charge in [-0.1, -0.05) is 54.8 Å². The van der Waals surface area contributed by atoms with E-state index >= 15 is 0 Å². The number of carbonyl (C=O) groups excluding carboxylic acids is 3. The van der Waals surface area contributed by atoms with Crippen molar-refractivity contribution in [2.24, 2.45) is 11.1 Å². The number of primary sulfonamides is 1. The number of nitrogens with one attached hydrogen (secondary N) is 3. The largest absolute Gasteiger partial charge is 0.344 e. The van der Waals surface area contributed by atoms with Crippen molar-refractivity contribution in [2.45, 2.75) is 36.6 Å². The van der Waals surface area contributed by atoms with Gasteiger partial charge in [0.1, 0.15) is 5.82 Å². The summed E-state index contributed by atoms with van der Waals surface area (Å²) in [5.74, 6) is -2.38. The van der Waals surface area contributed by atoms with Crippen LogP contribution in [-0.4, -0.2) is 37.2 Å². The van der Waals surface area contributed by atoms with Crippen LogP contribution in [0.5, 0.6) is 0 Å². The Morgan fingerprint density at radius 2 is 1.61 bits per heavy atom. The van der Waals surface area contributed by atoms with Crippen LogP contribution in [-0.2, 0) is 24.4 Å². The van der Waals surface area contributed by atoms with Crippen molar-refractivity contribution >= 4 is 50.9 Å². The van der Waals surface area contributed by atoms with Crippen molar-refractivity contribution in [2.75, 3.05) is 10.6 Å². The number of hydrogen-bond donors (Lipinski definition) is 4. The van der Waals surface area contributed by atoms with Crippen LogP contribution in [0.2, 0.25) is 5.02 Å². The molecular weight excluding hydrogens is 530 g/mol. The third kappa shape index (κ3) is 6.74. The molecule has 1 heterocycles. The minimum atomic E-state index is -3.91. The zero-order valence-electron chi connectivity index (χ0n) is 20.2. The van der Waals surface area contributed by atoms with Gasteiger partial charge in [-0.3, -0.25) is 14.4 Å². The van der Waals surface area contributed by atoms with E-state index in [4.69, 9.17) is 16.7 Å². The van der Waals surface area contributed by atoms with Crippen LogP contribution in [0.15, 0.2) is 71.8 Å². The lowest BCUT2D eigenvalue weighted by Crippen LogP contribution is -2.49. The fourth-order valence-corrected chi connectivity index (χ4v) is 5.27. The van der Waals surface area contributed by atoms with E-state index in [1.54, 1.807) is 42.5 Å². The predicted octanol–water partition coefficient (Wildman–Crippen LogP) is 3.30. The van der Waals surface area contributed by atoms with Crippen LogP contribution in [0, 0.1) is 5.92 Å². The fraction of sp³-hybridized carbons (Fsp3) is 0.231. The van der Waals surface area contributed by atoms with Gasteiger partial charge in [0, 0.05) is 23.5 Å². The lowest BCUT2D eigenvalue weighted by molar-refractivity contribution is -0.137. The topological polar surface area (TPSA) is 160 Å². The van der Waals surface area contributed by atoms with E-state index in [0.29, 0.717) is 34.7 Å². The van der Waals surface area contributed by atoms with Crippen LogP contribution >= 0.6 is 11.6 Å². The highest BCUT2D eigenvalue weighted by atomic mass is 35.5. The highest BCUT2D eigenvalue weighted by Gasteiger charge is 2.33. The second-order valence-corrected chi connectivity index (χ2v) is 10.9. The number of nitrogens with two attached hydrogens (primary N) is 1. The molecule has 3 aromatic rings. The Labute approximate surface area is 225 Å². The zero-order chi connectivity index (χ0) is 27.3. The summed E-state index contributed by atoms with van der Waals surface area (Å²) in [4.78, 5) is 41.9. The van der Waals surface area contributed by atoms with Crippen molar-refractivity contribution in [1.82, 2.24) is 10.3 Å². The summed E-state index contributed by atoms with van der Waals surface area (Å²) >= 11 is 5.78. The standard InChI is InChI=1S/C26H26ClN5O5S/c27-17-11-14-23(29-15-17)32-26(35)25(34)31-21-7-3-1-6-20(21)24(33)30-18-12-9-16(10-13-18)19-5-2-4-8-22(19)38(28,36)37/h2,4-5,8-15,20-21H,1,3,6-7H2,(H,30,33)(H,31,34)(H2,28,36,37)(H,29,32,35)/t20-,21+/m0/s1. The Hall–Kier alpha value is -3.80. The van der Waals surface area contributed by atoms with E-state index in [1.165, 1.54) is 24.4 Å². The number of benzene rings is 2. The van der Waals surface area contributed by atoms with Crippen LogP contribution in [0.4, 0.5) is 11.5 Å². The molecule has 1 aliphatic rings. The van der Waals surface area contributed by atoms with E-state index < -0.39 is 33.8 Å². The number of anilines is 2. The van der Waals surface area contributed by atoms with Gasteiger partial charge in [-0.2, -0.15) is 0 Å². The highest BCUT2D eigenvalue weighted by Crippen LogP contribution is 2.29. The maximum atomic E-state index is 13.1. The van der Waals surface area contributed by atoms with Crippen molar-refractivity contribution < 1.29 is 22.8 Å². The van der Waals surface area contributed by atoms with E-state index in [0.717, 1.165) is 12.8 Å². The quantitative estimate of drug-likeness (QED) is 0.341. The van der Waals surface area contributed by atoms with Gasteiger partial charge < -0.3 is 16.0 Å². The predicted molar refractivity (Wildman–Crippen MR) is 144 cm³/mol. The summed E-state index contributed by atoms with van der Waals surface area (Å²) in [5, 5.41) is 13.7. The van der Waals surface area contributed by atoms with Crippen molar-refractivity contribution in [1.29, 1.82) is 0 Å². The highest BCUT2D eigenvalue weighted by molar-refractivity contribution is 7.89. The third-order valence-corrected chi connectivity index (χ3v) is 7.44. The first-order chi connectivity index (χ1) is 18.1. The fourth-order valence-electron chi connectivity index (χ4n) is 4.40. The number of halogens is 1. The number of sulfonamides is 1. The molecule has 10 nitrogen and oxygen atoms in total. The van der Waals surface area contributed by atoms with E-state index in [2.05, 4.69) is 20.9 Å². The van der Waals surface area contributed by atoms with Crippen molar-refractivity contribution in [3.05, 3.63) is 71.9 Å². The summed E-state index contributed by atoms with van der Waals surface area (Å²) in [6.45, 7) is 0. The molecule has 0 spiro atoms. The lowest BCUT2D eigenvalue weighted by atomic mass is 9.83. The Balaban J connectivity index is 1.40. The molecule has 1 fully saturated rings. The second kappa shape index (κ2) is 11.7. The van der Waals surface area contributed by atoms with E-state index in [9.17, 15) is 22.8 Å². The molecule has 5 N–H and O–H groups in total. The normalized spacial score (nSPS) is 17.3. The molecule has 198 valence electrons. The van der Waals surface area contributed by atoms with Gasteiger partial charge in [0.15, 0.2) is 0 Å². The number of pyridine rings is 1.